The highest BCUT2D eigenvalue weighted by molar-refractivity contribution is 6.31. The Morgan fingerprint density at radius 2 is 2.12 bits per heavy atom. The number of para-hydroxylation sites is 2. The molecule has 1 amide bonds. The molecule has 1 atom stereocenters. The van der Waals surface area contributed by atoms with E-state index in [0.29, 0.717) is 11.5 Å². The molecule has 0 fully saturated rings. The van der Waals surface area contributed by atoms with E-state index in [1.54, 1.807) is 24.3 Å². The first kappa shape index (κ1) is 17.5. The summed E-state index contributed by atoms with van der Waals surface area (Å²) in [6.45, 7) is 0.00620. The fourth-order valence-corrected chi connectivity index (χ4v) is 2.45. The number of amides is 1. The van der Waals surface area contributed by atoms with Crippen LogP contribution in [0.15, 0.2) is 41.5 Å². The molecule has 1 unspecified atom stereocenters. The number of phenolic OH excluding ortho intramolecular Hbond substituents is 1. The molecule has 9 nitrogen and oxygen atoms in total. The van der Waals surface area contributed by atoms with E-state index in [1.165, 1.54) is 6.07 Å². The number of nitro groups is 1. The molecule has 2 aromatic carbocycles. The van der Waals surface area contributed by atoms with Gasteiger partial charge in [0.15, 0.2) is 11.5 Å². The molecule has 0 bridgehead atoms. The van der Waals surface area contributed by atoms with Crippen LogP contribution in [-0.2, 0) is 4.79 Å². The number of benzene rings is 2. The number of rotatable bonds is 4. The maximum absolute atomic E-state index is 12.1. The Morgan fingerprint density at radius 3 is 2.85 bits per heavy atom. The molecule has 0 saturated heterocycles. The van der Waals surface area contributed by atoms with Gasteiger partial charge in [0.05, 0.1) is 11.1 Å². The minimum absolute atomic E-state index is 0.00620. The van der Waals surface area contributed by atoms with E-state index in [1.807, 2.05) is 0 Å². The molecule has 134 valence electrons. The lowest BCUT2D eigenvalue weighted by molar-refractivity contribution is -0.385. The summed E-state index contributed by atoms with van der Waals surface area (Å²) in [6, 6.07) is 9.20. The number of nitro benzene ring substituents is 1. The van der Waals surface area contributed by atoms with E-state index < -0.39 is 28.4 Å². The van der Waals surface area contributed by atoms with E-state index in [9.17, 15) is 20.0 Å². The third-order valence-corrected chi connectivity index (χ3v) is 3.68. The molecule has 0 saturated carbocycles. The average Bonchev–Trinajstić information content (AvgIpc) is 2.63. The van der Waals surface area contributed by atoms with E-state index >= 15 is 0 Å². The highest BCUT2D eigenvalue weighted by Gasteiger charge is 2.27. The fourth-order valence-electron chi connectivity index (χ4n) is 2.23. The first-order chi connectivity index (χ1) is 12.5. The van der Waals surface area contributed by atoms with Gasteiger partial charge in [-0.1, -0.05) is 23.7 Å². The Hall–Kier alpha value is -3.33. The number of nitrogens with zero attached hydrogens (tertiary/aromatic N) is 2. The number of hydrogen-bond acceptors (Lipinski definition) is 7. The van der Waals surface area contributed by atoms with Gasteiger partial charge in [-0.15, -0.1) is 0 Å². The van der Waals surface area contributed by atoms with Gasteiger partial charge in [-0.05, 0) is 18.2 Å². The average molecular weight is 378 g/mol. The monoisotopic (exact) mass is 377 g/mol. The van der Waals surface area contributed by atoms with E-state index in [4.69, 9.17) is 21.1 Å². The highest BCUT2D eigenvalue weighted by atomic mass is 35.5. The predicted molar refractivity (Wildman–Crippen MR) is 91.9 cm³/mol. The smallest absolute Gasteiger partial charge is 0.312 e. The van der Waals surface area contributed by atoms with Crippen LogP contribution in [0.1, 0.15) is 5.56 Å². The zero-order valence-electron chi connectivity index (χ0n) is 13.1. The van der Waals surface area contributed by atoms with Crippen molar-refractivity contribution in [2.75, 3.05) is 6.61 Å². The molecule has 0 spiro atoms. The van der Waals surface area contributed by atoms with Gasteiger partial charge in [-0.2, -0.15) is 5.10 Å². The van der Waals surface area contributed by atoms with Crippen LogP contribution >= 0.6 is 11.6 Å². The first-order valence-corrected chi connectivity index (χ1v) is 7.72. The molecule has 2 N–H and O–H groups in total. The van der Waals surface area contributed by atoms with E-state index in [-0.39, 0.29) is 17.2 Å². The molecule has 0 radical (unpaired) electrons. The summed E-state index contributed by atoms with van der Waals surface area (Å²) in [6.07, 6.45) is 0.133. The zero-order chi connectivity index (χ0) is 18.7. The second kappa shape index (κ2) is 7.28. The molecule has 10 heteroatoms. The van der Waals surface area contributed by atoms with E-state index in [0.717, 1.165) is 12.3 Å². The van der Waals surface area contributed by atoms with Gasteiger partial charge < -0.3 is 14.6 Å². The summed E-state index contributed by atoms with van der Waals surface area (Å²) in [5, 5.41) is 24.4. The van der Waals surface area contributed by atoms with Crippen LogP contribution in [0.3, 0.4) is 0 Å². The van der Waals surface area contributed by atoms with Crippen molar-refractivity contribution in [3.05, 3.63) is 57.1 Å². The summed E-state index contributed by atoms with van der Waals surface area (Å²) in [5.74, 6) is -0.211. The largest absolute Gasteiger partial charge is 0.502 e. The molecular formula is C16H12ClN3O6. The van der Waals surface area contributed by atoms with Gasteiger partial charge in [0.1, 0.15) is 6.61 Å². The van der Waals surface area contributed by atoms with Crippen molar-refractivity contribution in [2.45, 2.75) is 6.10 Å². The number of phenols is 1. The third-order valence-electron chi connectivity index (χ3n) is 3.46. The van der Waals surface area contributed by atoms with Crippen LogP contribution in [0, 0.1) is 10.1 Å². The molecular weight excluding hydrogens is 366 g/mol. The van der Waals surface area contributed by atoms with Crippen molar-refractivity contribution in [3.8, 4) is 17.2 Å². The summed E-state index contributed by atoms with van der Waals surface area (Å²) < 4.78 is 10.9. The summed E-state index contributed by atoms with van der Waals surface area (Å²) in [5.41, 5.74) is 1.65. The fraction of sp³-hybridized carbons (Fsp3) is 0.125. The normalized spacial score (nSPS) is 15.7. The second-order valence-corrected chi connectivity index (χ2v) is 5.65. The van der Waals surface area contributed by atoms with Crippen LogP contribution in [0.5, 0.6) is 17.2 Å². The number of hydrogen-bond donors (Lipinski definition) is 2. The minimum Gasteiger partial charge on any atom is -0.502 e. The minimum atomic E-state index is -0.913. The van der Waals surface area contributed by atoms with Crippen molar-refractivity contribution in [1.29, 1.82) is 0 Å². The lowest BCUT2D eigenvalue weighted by Gasteiger charge is -2.24. The lowest BCUT2D eigenvalue weighted by Crippen LogP contribution is -2.42. The molecule has 1 aliphatic heterocycles. The Labute approximate surface area is 151 Å². The van der Waals surface area contributed by atoms with Crippen molar-refractivity contribution in [2.24, 2.45) is 5.10 Å². The SMILES string of the molecule is O=C(N/N=C/c1cc(Cl)cc([N+](=O)[O-])c1O)C1COc2ccccc2O1. The number of hydrazone groups is 1. The number of aromatic hydroxyl groups is 1. The molecule has 3 rings (SSSR count). The van der Waals surface area contributed by atoms with Crippen molar-refractivity contribution >= 4 is 29.4 Å². The molecule has 0 aromatic heterocycles. The standard InChI is InChI=1S/C16H12ClN3O6/c17-10-5-9(15(21)11(6-10)20(23)24)7-18-19-16(22)14-8-25-12-3-1-2-4-13(12)26-14/h1-7,14,21H,8H2,(H,19,22)/b18-7+. The van der Waals surface area contributed by atoms with Crippen LogP contribution in [0.2, 0.25) is 5.02 Å². The number of fused-ring (bicyclic) bond motifs is 1. The van der Waals surface area contributed by atoms with Gasteiger partial charge in [-0.3, -0.25) is 14.9 Å². The number of carbonyl (C=O) groups is 1. The van der Waals surface area contributed by atoms with Crippen LogP contribution in [0.4, 0.5) is 5.69 Å². The van der Waals surface area contributed by atoms with Crippen LogP contribution in [-0.4, -0.2) is 34.9 Å². The highest BCUT2D eigenvalue weighted by Crippen LogP contribution is 2.32. The van der Waals surface area contributed by atoms with Crippen molar-refractivity contribution in [3.63, 3.8) is 0 Å². The lowest BCUT2D eigenvalue weighted by atomic mass is 10.2. The van der Waals surface area contributed by atoms with Gasteiger partial charge in [-0.25, -0.2) is 5.43 Å². The van der Waals surface area contributed by atoms with Crippen molar-refractivity contribution < 1.29 is 24.3 Å². The first-order valence-electron chi connectivity index (χ1n) is 7.34. The Morgan fingerprint density at radius 1 is 1.38 bits per heavy atom. The van der Waals surface area contributed by atoms with E-state index in [2.05, 4.69) is 10.5 Å². The Bertz CT molecular complexity index is 902. The van der Waals surface area contributed by atoms with Gasteiger partial charge in [0.25, 0.3) is 5.91 Å². The van der Waals surface area contributed by atoms with Gasteiger partial charge >= 0.3 is 5.69 Å². The number of carbonyl (C=O) groups excluding carboxylic acids is 1. The molecule has 2 aromatic rings. The molecule has 1 heterocycles. The van der Waals surface area contributed by atoms with Crippen LogP contribution in [0.25, 0.3) is 0 Å². The molecule has 0 aliphatic carbocycles. The summed E-state index contributed by atoms with van der Waals surface area (Å²) in [4.78, 5) is 22.2. The number of halogens is 1. The predicted octanol–water partition coefficient (Wildman–Crippen LogP) is 2.24. The number of ether oxygens (including phenoxy) is 2. The maximum atomic E-state index is 12.1. The van der Waals surface area contributed by atoms with Gasteiger partial charge in [0.2, 0.25) is 11.9 Å². The van der Waals surface area contributed by atoms with Crippen LogP contribution < -0.4 is 14.9 Å². The summed E-state index contributed by atoms with van der Waals surface area (Å²) >= 11 is 5.78. The maximum Gasteiger partial charge on any atom is 0.312 e. The topological polar surface area (TPSA) is 123 Å². The number of nitrogens with one attached hydrogen (secondary N) is 1. The molecule has 26 heavy (non-hydrogen) atoms. The Kier molecular flexibility index (Phi) is 4.90. The quantitative estimate of drug-likeness (QED) is 0.478. The Balaban J connectivity index is 1.68. The zero-order valence-corrected chi connectivity index (χ0v) is 13.8. The third kappa shape index (κ3) is 3.67. The van der Waals surface area contributed by atoms with Crippen molar-refractivity contribution in [1.82, 2.24) is 5.43 Å². The molecule has 1 aliphatic rings. The van der Waals surface area contributed by atoms with Gasteiger partial charge in [0, 0.05) is 16.7 Å². The summed E-state index contributed by atoms with van der Waals surface area (Å²) in [7, 11) is 0. The second-order valence-electron chi connectivity index (χ2n) is 5.22.